The number of anilines is 1. The average molecular weight is 356 g/mol. The molecule has 0 saturated heterocycles. The molecule has 6 heteroatoms. The van der Waals surface area contributed by atoms with Gasteiger partial charge in [-0.3, -0.25) is 9.59 Å². The largest absolute Gasteiger partial charge is 0.497 e. The second-order valence-corrected chi connectivity index (χ2v) is 5.74. The third-order valence-electron chi connectivity index (χ3n) is 3.73. The Bertz CT molecular complexity index is 726. The molecule has 0 fully saturated rings. The fraction of sp³-hybridized carbons (Fsp3) is 0.300. The monoisotopic (exact) mass is 356 g/mol. The van der Waals surface area contributed by atoms with Crippen LogP contribution < -0.4 is 20.1 Å². The summed E-state index contributed by atoms with van der Waals surface area (Å²) in [4.78, 5) is 23.9. The molecule has 2 amide bonds. The van der Waals surface area contributed by atoms with E-state index in [1.807, 2.05) is 19.1 Å². The summed E-state index contributed by atoms with van der Waals surface area (Å²) in [5, 5.41) is 5.65. The summed E-state index contributed by atoms with van der Waals surface area (Å²) in [6.07, 6.45) is 0.124. The molecule has 0 aromatic heterocycles. The quantitative estimate of drug-likeness (QED) is 0.761. The number of methoxy groups -OCH3 is 1. The molecule has 138 valence electrons. The van der Waals surface area contributed by atoms with Gasteiger partial charge in [0.1, 0.15) is 11.5 Å². The van der Waals surface area contributed by atoms with E-state index in [4.69, 9.17) is 9.47 Å². The maximum atomic E-state index is 12.4. The summed E-state index contributed by atoms with van der Waals surface area (Å²) >= 11 is 0. The Hall–Kier alpha value is -3.02. The van der Waals surface area contributed by atoms with Gasteiger partial charge in [-0.05, 0) is 48.9 Å². The lowest BCUT2D eigenvalue weighted by molar-refractivity contribution is -0.120. The van der Waals surface area contributed by atoms with Crippen LogP contribution >= 0.6 is 0 Å². The van der Waals surface area contributed by atoms with Crippen LogP contribution in [0.2, 0.25) is 0 Å². The lowest BCUT2D eigenvalue weighted by Gasteiger charge is -2.18. The molecule has 26 heavy (non-hydrogen) atoms. The molecule has 0 spiro atoms. The van der Waals surface area contributed by atoms with E-state index in [9.17, 15) is 9.59 Å². The van der Waals surface area contributed by atoms with Crippen LogP contribution in [-0.2, 0) is 9.59 Å². The van der Waals surface area contributed by atoms with Crippen LogP contribution in [0.3, 0.4) is 0 Å². The number of hydrogen-bond acceptors (Lipinski definition) is 4. The van der Waals surface area contributed by atoms with Crippen molar-refractivity contribution in [1.29, 1.82) is 0 Å². The van der Waals surface area contributed by atoms with E-state index in [0.717, 1.165) is 11.3 Å². The van der Waals surface area contributed by atoms with Gasteiger partial charge in [0.05, 0.1) is 26.2 Å². The smallest absolute Gasteiger partial charge is 0.226 e. The predicted molar refractivity (Wildman–Crippen MR) is 100 cm³/mol. The van der Waals surface area contributed by atoms with Crippen LogP contribution in [0.25, 0.3) is 0 Å². The van der Waals surface area contributed by atoms with Crippen LogP contribution in [0.4, 0.5) is 5.69 Å². The summed E-state index contributed by atoms with van der Waals surface area (Å²) < 4.78 is 10.5. The minimum absolute atomic E-state index is 0.124. The molecule has 0 aliphatic rings. The molecule has 0 radical (unpaired) electrons. The van der Waals surface area contributed by atoms with Gasteiger partial charge in [0, 0.05) is 12.6 Å². The predicted octanol–water partition coefficient (Wildman–Crippen LogP) is 3.30. The molecule has 0 aliphatic carbocycles. The van der Waals surface area contributed by atoms with Gasteiger partial charge in [-0.15, -0.1) is 0 Å². The first kappa shape index (κ1) is 19.3. The number of benzene rings is 2. The highest BCUT2D eigenvalue weighted by Crippen LogP contribution is 2.22. The molecular formula is C20H24N2O4. The first-order valence-electron chi connectivity index (χ1n) is 8.45. The zero-order valence-electron chi connectivity index (χ0n) is 15.2. The Morgan fingerprint density at radius 2 is 1.62 bits per heavy atom. The SMILES string of the molecule is CCOc1ccc(NC(=O)CC(NC(C)=O)c2ccc(OC)cc2)cc1. The third-order valence-corrected chi connectivity index (χ3v) is 3.73. The molecule has 0 heterocycles. The van der Waals surface area contributed by atoms with Crippen molar-refractivity contribution in [3.05, 3.63) is 54.1 Å². The van der Waals surface area contributed by atoms with Crippen molar-refractivity contribution in [2.75, 3.05) is 19.0 Å². The fourth-order valence-corrected chi connectivity index (χ4v) is 2.53. The second kappa shape index (κ2) is 9.46. The Morgan fingerprint density at radius 1 is 1.00 bits per heavy atom. The lowest BCUT2D eigenvalue weighted by Crippen LogP contribution is -2.29. The van der Waals surface area contributed by atoms with Crippen molar-refractivity contribution in [3.63, 3.8) is 0 Å². The number of carbonyl (C=O) groups excluding carboxylic acids is 2. The Morgan fingerprint density at radius 3 is 2.15 bits per heavy atom. The molecule has 0 saturated carbocycles. The molecule has 0 bridgehead atoms. The first-order valence-corrected chi connectivity index (χ1v) is 8.45. The first-order chi connectivity index (χ1) is 12.5. The van der Waals surface area contributed by atoms with E-state index >= 15 is 0 Å². The summed E-state index contributed by atoms with van der Waals surface area (Å²) in [7, 11) is 1.59. The van der Waals surface area contributed by atoms with Crippen molar-refractivity contribution in [2.45, 2.75) is 26.3 Å². The van der Waals surface area contributed by atoms with Gasteiger partial charge in [-0.1, -0.05) is 12.1 Å². The summed E-state index contributed by atoms with van der Waals surface area (Å²) in [6, 6.07) is 14.0. The average Bonchev–Trinajstić information content (AvgIpc) is 2.63. The molecular weight excluding hydrogens is 332 g/mol. The third kappa shape index (κ3) is 5.81. The van der Waals surface area contributed by atoms with Gasteiger partial charge in [0.2, 0.25) is 11.8 Å². The van der Waals surface area contributed by atoms with Gasteiger partial charge >= 0.3 is 0 Å². The van der Waals surface area contributed by atoms with E-state index < -0.39 is 6.04 Å². The Balaban J connectivity index is 2.04. The van der Waals surface area contributed by atoms with Gasteiger partial charge in [0.25, 0.3) is 0 Å². The molecule has 6 nitrogen and oxygen atoms in total. The molecule has 1 unspecified atom stereocenters. The minimum atomic E-state index is -0.416. The standard InChI is InChI=1S/C20H24N2O4/c1-4-26-18-11-7-16(8-12-18)22-20(24)13-19(21-14(2)23)15-5-9-17(25-3)10-6-15/h5-12,19H,4,13H2,1-3H3,(H,21,23)(H,22,24). The van der Waals surface area contributed by atoms with Gasteiger partial charge in [-0.2, -0.15) is 0 Å². The van der Waals surface area contributed by atoms with Crippen molar-refractivity contribution < 1.29 is 19.1 Å². The van der Waals surface area contributed by atoms with E-state index in [1.165, 1.54) is 6.92 Å². The van der Waals surface area contributed by atoms with Crippen LogP contribution in [-0.4, -0.2) is 25.5 Å². The van der Waals surface area contributed by atoms with Crippen molar-refractivity contribution in [3.8, 4) is 11.5 Å². The normalized spacial score (nSPS) is 11.3. The zero-order chi connectivity index (χ0) is 18.9. The summed E-state index contributed by atoms with van der Waals surface area (Å²) in [5.41, 5.74) is 1.51. The van der Waals surface area contributed by atoms with Crippen LogP contribution in [0.15, 0.2) is 48.5 Å². The number of nitrogens with one attached hydrogen (secondary N) is 2. The van der Waals surface area contributed by atoms with Crippen molar-refractivity contribution in [2.24, 2.45) is 0 Å². The molecule has 2 N–H and O–H groups in total. The summed E-state index contributed by atoms with van der Waals surface area (Å²) in [6.45, 7) is 3.93. The molecule has 2 rings (SSSR count). The molecule has 0 aliphatic heterocycles. The van der Waals surface area contributed by atoms with E-state index in [2.05, 4.69) is 10.6 Å². The summed E-state index contributed by atoms with van der Waals surface area (Å²) in [5.74, 6) is 1.08. The number of carbonyl (C=O) groups is 2. The van der Waals surface area contributed by atoms with E-state index in [1.54, 1.807) is 43.5 Å². The van der Waals surface area contributed by atoms with Gasteiger partial charge in [0.15, 0.2) is 0 Å². The number of rotatable bonds is 8. The molecule has 1 atom stereocenters. The molecule has 2 aromatic rings. The van der Waals surface area contributed by atoms with Crippen molar-refractivity contribution >= 4 is 17.5 Å². The highest BCUT2D eigenvalue weighted by atomic mass is 16.5. The van der Waals surface area contributed by atoms with Gasteiger partial charge < -0.3 is 20.1 Å². The Labute approximate surface area is 153 Å². The Kier molecular flexibility index (Phi) is 7.02. The van der Waals surface area contributed by atoms with Crippen LogP contribution in [0.5, 0.6) is 11.5 Å². The van der Waals surface area contributed by atoms with E-state index in [-0.39, 0.29) is 18.2 Å². The minimum Gasteiger partial charge on any atom is -0.497 e. The van der Waals surface area contributed by atoms with Crippen LogP contribution in [0.1, 0.15) is 31.9 Å². The zero-order valence-corrected chi connectivity index (χ0v) is 15.2. The van der Waals surface area contributed by atoms with Crippen LogP contribution in [0, 0.1) is 0 Å². The van der Waals surface area contributed by atoms with Crippen molar-refractivity contribution in [1.82, 2.24) is 5.32 Å². The lowest BCUT2D eigenvalue weighted by atomic mass is 10.0. The highest BCUT2D eigenvalue weighted by molar-refractivity contribution is 5.91. The van der Waals surface area contributed by atoms with Gasteiger partial charge in [-0.25, -0.2) is 0 Å². The highest BCUT2D eigenvalue weighted by Gasteiger charge is 2.17. The second-order valence-electron chi connectivity index (χ2n) is 5.74. The number of hydrogen-bond donors (Lipinski definition) is 2. The number of amides is 2. The maximum absolute atomic E-state index is 12.4. The number of ether oxygens (including phenoxy) is 2. The fourth-order valence-electron chi connectivity index (χ4n) is 2.53. The molecule has 2 aromatic carbocycles. The van der Waals surface area contributed by atoms with E-state index in [0.29, 0.717) is 18.0 Å². The topological polar surface area (TPSA) is 76.7 Å². The maximum Gasteiger partial charge on any atom is 0.226 e.